The molecule has 6 heteroatoms. The minimum absolute atomic E-state index is 0.118. The Kier molecular flexibility index (Phi) is 3.64. The number of carbonyl (C=O) groups excluding carboxylic acids is 1. The molecule has 0 radical (unpaired) electrons. The summed E-state index contributed by atoms with van der Waals surface area (Å²) in [6, 6.07) is 9.94. The van der Waals surface area contributed by atoms with Crippen molar-refractivity contribution in [1.82, 2.24) is 15.5 Å². The molecule has 1 N–H and O–H groups in total. The lowest BCUT2D eigenvalue weighted by Crippen LogP contribution is -2.50. The Balaban J connectivity index is 1.63. The molecule has 0 unspecified atom stereocenters. The van der Waals surface area contributed by atoms with Gasteiger partial charge in [-0.25, -0.2) is 4.98 Å². The van der Waals surface area contributed by atoms with Gasteiger partial charge in [-0.05, 0) is 49.9 Å². The fourth-order valence-corrected chi connectivity index (χ4v) is 3.41. The number of fused-ring (bicyclic) bond motifs is 1. The van der Waals surface area contributed by atoms with E-state index in [1.807, 2.05) is 19.1 Å². The van der Waals surface area contributed by atoms with E-state index in [1.54, 1.807) is 6.07 Å². The lowest BCUT2D eigenvalue weighted by Gasteiger charge is -2.43. The fraction of sp³-hybridized carbons (Fsp3) is 0.278. The molecule has 2 heterocycles. The Bertz CT molecular complexity index is 914. The third-order valence-corrected chi connectivity index (χ3v) is 5.26. The average Bonchev–Trinajstić information content (AvgIpc) is 2.92. The minimum Gasteiger partial charge on any atom is -0.342 e. The number of benzene rings is 1. The van der Waals surface area contributed by atoms with Crippen molar-refractivity contribution in [2.45, 2.75) is 31.7 Å². The molecule has 0 aliphatic heterocycles. The number of carbonyl (C=O) groups is 1. The summed E-state index contributed by atoms with van der Waals surface area (Å²) in [5.41, 5.74) is 2.57. The minimum atomic E-state index is -0.281. The number of nitrogens with one attached hydrogen (secondary N) is 1. The summed E-state index contributed by atoms with van der Waals surface area (Å²) >= 11 is 3.46. The van der Waals surface area contributed by atoms with Gasteiger partial charge in [0.25, 0.3) is 11.6 Å². The lowest BCUT2D eigenvalue weighted by atomic mass is 9.71. The second-order valence-electron chi connectivity index (χ2n) is 6.24. The third-order valence-electron chi connectivity index (χ3n) is 4.73. The normalized spacial score (nSPS) is 15.9. The summed E-state index contributed by atoms with van der Waals surface area (Å²) in [6.45, 7) is 1.84. The maximum absolute atomic E-state index is 12.8. The number of hydrogen-bond donors (Lipinski definition) is 1. The Labute approximate surface area is 147 Å². The van der Waals surface area contributed by atoms with Crippen molar-refractivity contribution in [1.29, 1.82) is 0 Å². The standard InChI is InChI=1S/C18H16BrN3O2/c1-11-15-9-12(10-20-17(15)24-22-11)16(23)21-18(7-2-8-18)13-3-5-14(19)6-4-13/h3-6,9-10H,2,7-8H2,1H3,(H,21,23). The zero-order chi connectivity index (χ0) is 16.7. The zero-order valence-corrected chi connectivity index (χ0v) is 14.8. The molecule has 0 atom stereocenters. The summed E-state index contributed by atoms with van der Waals surface area (Å²) in [4.78, 5) is 16.9. The van der Waals surface area contributed by atoms with Crippen molar-refractivity contribution in [2.24, 2.45) is 0 Å². The number of hydrogen-bond acceptors (Lipinski definition) is 4. The van der Waals surface area contributed by atoms with Gasteiger partial charge in [-0.15, -0.1) is 0 Å². The number of nitrogens with zero attached hydrogens (tertiary/aromatic N) is 2. The molecule has 0 spiro atoms. The average molecular weight is 386 g/mol. The van der Waals surface area contributed by atoms with Crippen LogP contribution in [0.4, 0.5) is 0 Å². The first-order chi connectivity index (χ1) is 11.6. The first-order valence-corrected chi connectivity index (χ1v) is 8.67. The van der Waals surface area contributed by atoms with Crippen LogP contribution in [0, 0.1) is 6.92 Å². The van der Waals surface area contributed by atoms with E-state index in [4.69, 9.17) is 4.52 Å². The highest BCUT2D eigenvalue weighted by atomic mass is 79.9. The molecule has 1 amide bonds. The van der Waals surface area contributed by atoms with E-state index in [-0.39, 0.29) is 11.4 Å². The van der Waals surface area contributed by atoms with Crippen LogP contribution in [-0.2, 0) is 5.54 Å². The van der Waals surface area contributed by atoms with Gasteiger partial charge in [0.05, 0.1) is 22.2 Å². The Morgan fingerprint density at radius 2 is 2.04 bits per heavy atom. The summed E-state index contributed by atoms with van der Waals surface area (Å²) < 4.78 is 6.13. The van der Waals surface area contributed by atoms with Crippen molar-refractivity contribution in [2.75, 3.05) is 0 Å². The number of aryl methyl sites for hydroxylation is 1. The van der Waals surface area contributed by atoms with Gasteiger partial charge < -0.3 is 9.84 Å². The highest BCUT2D eigenvalue weighted by Crippen LogP contribution is 2.41. The number of aromatic nitrogens is 2. The predicted octanol–water partition coefficient (Wildman–Crippen LogP) is 4.10. The number of pyridine rings is 1. The van der Waals surface area contributed by atoms with E-state index in [0.717, 1.165) is 40.4 Å². The Morgan fingerprint density at radius 3 is 2.71 bits per heavy atom. The van der Waals surface area contributed by atoms with Gasteiger partial charge in [-0.1, -0.05) is 33.2 Å². The van der Waals surface area contributed by atoms with Crippen molar-refractivity contribution in [3.05, 3.63) is 57.8 Å². The van der Waals surface area contributed by atoms with Crippen molar-refractivity contribution in [3.63, 3.8) is 0 Å². The molecule has 4 rings (SSSR count). The smallest absolute Gasteiger partial charge is 0.257 e. The van der Waals surface area contributed by atoms with E-state index in [9.17, 15) is 4.79 Å². The second kappa shape index (κ2) is 5.70. The predicted molar refractivity (Wildman–Crippen MR) is 93.7 cm³/mol. The summed E-state index contributed by atoms with van der Waals surface area (Å²) in [5, 5.41) is 7.87. The van der Waals surface area contributed by atoms with E-state index in [0.29, 0.717) is 11.3 Å². The van der Waals surface area contributed by atoms with Crippen LogP contribution < -0.4 is 5.32 Å². The van der Waals surface area contributed by atoms with Gasteiger partial charge >= 0.3 is 0 Å². The van der Waals surface area contributed by atoms with E-state index < -0.39 is 0 Å². The second-order valence-corrected chi connectivity index (χ2v) is 7.16. The summed E-state index contributed by atoms with van der Waals surface area (Å²) in [6.07, 6.45) is 4.54. The highest BCUT2D eigenvalue weighted by Gasteiger charge is 2.40. The lowest BCUT2D eigenvalue weighted by molar-refractivity contribution is 0.0823. The molecule has 122 valence electrons. The first kappa shape index (κ1) is 15.3. The monoisotopic (exact) mass is 385 g/mol. The molecule has 1 aliphatic carbocycles. The van der Waals surface area contributed by atoms with Crippen LogP contribution in [0.5, 0.6) is 0 Å². The van der Waals surface area contributed by atoms with Gasteiger partial charge in [-0.2, -0.15) is 0 Å². The summed E-state index contributed by atoms with van der Waals surface area (Å²) in [5.74, 6) is -0.118. The Hall–Kier alpha value is -2.21. The van der Waals surface area contributed by atoms with Crippen LogP contribution in [0.3, 0.4) is 0 Å². The first-order valence-electron chi connectivity index (χ1n) is 7.88. The third kappa shape index (κ3) is 2.51. The molecule has 1 aromatic carbocycles. The zero-order valence-electron chi connectivity index (χ0n) is 13.2. The van der Waals surface area contributed by atoms with Crippen LogP contribution in [0.15, 0.2) is 45.5 Å². The molecule has 3 aromatic rings. The molecule has 1 fully saturated rings. The quantitative estimate of drug-likeness (QED) is 0.736. The molecule has 0 bridgehead atoms. The van der Waals surface area contributed by atoms with Crippen molar-refractivity contribution < 1.29 is 9.32 Å². The molecule has 5 nitrogen and oxygen atoms in total. The highest BCUT2D eigenvalue weighted by molar-refractivity contribution is 9.10. The largest absolute Gasteiger partial charge is 0.342 e. The molecular formula is C18H16BrN3O2. The summed E-state index contributed by atoms with van der Waals surface area (Å²) in [7, 11) is 0. The van der Waals surface area contributed by atoms with E-state index in [2.05, 4.69) is 43.5 Å². The number of halogens is 1. The SMILES string of the molecule is Cc1noc2ncc(C(=O)NC3(c4ccc(Br)cc4)CCC3)cc12. The Morgan fingerprint density at radius 1 is 1.29 bits per heavy atom. The van der Waals surface area contributed by atoms with Crippen LogP contribution in [-0.4, -0.2) is 16.0 Å². The van der Waals surface area contributed by atoms with Crippen LogP contribution in [0.25, 0.3) is 11.1 Å². The molecular weight excluding hydrogens is 370 g/mol. The van der Waals surface area contributed by atoms with Crippen LogP contribution >= 0.6 is 15.9 Å². The molecule has 2 aromatic heterocycles. The van der Waals surface area contributed by atoms with Gasteiger partial charge in [-0.3, -0.25) is 4.79 Å². The van der Waals surface area contributed by atoms with E-state index in [1.165, 1.54) is 6.20 Å². The number of rotatable bonds is 3. The van der Waals surface area contributed by atoms with Gasteiger partial charge in [0.15, 0.2) is 0 Å². The van der Waals surface area contributed by atoms with E-state index >= 15 is 0 Å². The van der Waals surface area contributed by atoms with Crippen molar-refractivity contribution in [3.8, 4) is 0 Å². The molecule has 1 saturated carbocycles. The molecule has 24 heavy (non-hydrogen) atoms. The molecule has 1 aliphatic rings. The van der Waals surface area contributed by atoms with Gasteiger partial charge in [0.1, 0.15) is 0 Å². The fourth-order valence-electron chi connectivity index (χ4n) is 3.14. The molecule has 0 saturated heterocycles. The van der Waals surface area contributed by atoms with Gasteiger partial charge in [0, 0.05) is 10.7 Å². The van der Waals surface area contributed by atoms with Gasteiger partial charge in [0.2, 0.25) is 0 Å². The van der Waals surface area contributed by atoms with Crippen LogP contribution in [0.1, 0.15) is 40.9 Å². The maximum atomic E-state index is 12.8. The maximum Gasteiger partial charge on any atom is 0.257 e. The van der Waals surface area contributed by atoms with Crippen LogP contribution in [0.2, 0.25) is 0 Å². The van der Waals surface area contributed by atoms with Crippen molar-refractivity contribution >= 4 is 32.9 Å². The topological polar surface area (TPSA) is 68.0 Å². The number of amides is 1.